The Hall–Kier alpha value is -0.910. The summed E-state index contributed by atoms with van der Waals surface area (Å²) in [6.45, 7) is 8.59. The Morgan fingerprint density at radius 3 is 2.24 bits per heavy atom. The molecule has 0 bridgehead atoms. The predicted octanol–water partition coefficient (Wildman–Crippen LogP) is 2.60. The first-order valence-corrected chi connectivity index (χ1v) is 9.18. The quantitative estimate of drug-likeness (QED) is 0.762. The molecule has 0 heterocycles. The number of rotatable bonds is 9. The van der Waals surface area contributed by atoms with Gasteiger partial charge in [-0.25, -0.2) is 12.7 Å². The van der Waals surface area contributed by atoms with Crippen LogP contribution >= 0.6 is 0 Å². The Kier molecular flexibility index (Phi) is 7.35. The first-order valence-electron chi connectivity index (χ1n) is 7.57. The lowest BCUT2D eigenvalue weighted by atomic mass is 10.1. The number of hydrogen-bond acceptors (Lipinski definition) is 3. The van der Waals surface area contributed by atoms with Gasteiger partial charge in [0.25, 0.3) is 0 Å². The smallest absolute Gasteiger partial charge is 0.218 e. The van der Waals surface area contributed by atoms with E-state index in [1.807, 2.05) is 24.3 Å². The van der Waals surface area contributed by atoms with Gasteiger partial charge in [-0.1, -0.05) is 45.0 Å². The van der Waals surface area contributed by atoms with Crippen molar-refractivity contribution in [2.75, 3.05) is 20.1 Å². The average molecular weight is 312 g/mol. The van der Waals surface area contributed by atoms with Crippen molar-refractivity contribution in [3.8, 4) is 0 Å². The Labute approximate surface area is 129 Å². The molecule has 5 heteroatoms. The standard InChI is InChI=1S/C16H28N2O2S/c1-5-17-12-15-6-8-16(9-7-15)13-21(19,20)18(4)11-10-14(2)3/h6-9,14,17H,5,10-13H2,1-4H3. The fraction of sp³-hybridized carbons (Fsp3) is 0.625. The van der Waals surface area contributed by atoms with Crippen LogP contribution in [0.25, 0.3) is 0 Å². The lowest BCUT2D eigenvalue weighted by Crippen LogP contribution is -2.29. The number of benzene rings is 1. The molecule has 0 radical (unpaired) electrons. The molecule has 0 fully saturated rings. The van der Waals surface area contributed by atoms with Gasteiger partial charge in [0.1, 0.15) is 0 Å². The van der Waals surface area contributed by atoms with Crippen molar-refractivity contribution in [3.05, 3.63) is 35.4 Å². The van der Waals surface area contributed by atoms with Crippen LogP contribution in [0.15, 0.2) is 24.3 Å². The summed E-state index contributed by atoms with van der Waals surface area (Å²) in [5, 5.41) is 3.25. The molecular formula is C16H28N2O2S. The monoisotopic (exact) mass is 312 g/mol. The summed E-state index contributed by atoms with van der Waals surface area (Å²) >= 11 is 0. The van der Waals surface area contributed by atoms with Crippen LogP contribution in [0, 0.1) is 5.92 Å². The molecule has 0 saturated heterocycles. The zero-order valence-electron chi connectivity index (χ0n) is 13.6. The number of nitrogens with one attached hydrogen (secondary N) is 1. The van der Waals surface area contributed by atoms with E-state index in [9.17, 15) is 8.42 Å². The fourth-order valence-corrected chi connectivity index (χ4v) is 3.14. The summed E-state index contributed by atoms with van der Waals surface area (Å²) in [5.41, 5.74) is 2.01. The van der Waals surface area contributed by atoms with E-state index in [4.69, 9.17) is 0 Å². The van der Waals surface area contributed by atoms with Crippen LogP contribution in [0.3, 0.4) is 0 Å². The van der Waals surface area contributed by atoms with E-state index in [0.717, 1.165) is 25.1 Å². The van der Waals surface area contributed by atoms with Gasteiger partial charge in [-0.2, -0.15) is 0 Å². The van der Waals surface area contributed by atoms with Crippen LogP contribution in [0.5, 0.6) is 0 Å². The minimum absolute atomic E-state index is 0.0725. The summed E-state index contributed by atoms with van der Waals surface area (Å²) in [6.07, 6.45) is 0.886. The zero-order valence-corrected chi connectivity index (χ0v) is 14.4. The van der Waals surface area contributed by atoms with Crippen LogP contribution in [-0.4, -0.2) is 32.9 Å². The number of nitrogens with zero attached hydrogens (tertiary/aromatic N) is 1. The van der Waals surface area contributed by atoms with E-state index in [1.165, 1.54) is 9.87 Å². The lowest BCUT2D eigenvalue weighted by Gasteiger charge is -2.18. The third-order valence-corrected chi connectivity index (χ3v) is 5.28. The number of hydrogen-bond donors (Lipinski definition) is 1. The SMILES string of the molecule is CCNCc1ccc(CS(=O)(=O)N(C)CCC(C)C)cc1. The second-order valence-electron chi connectivity index (χ2n) is 5.86. The highest BCUT2D eigenvalue weighted by molar-refractivity contribution is 7.88. The average Bonchev–Trinajstić information content (AvgIpc) is 2.43. The number of sulfonamides is 1. The van der Waals surface area contributed by atoms with Crippen LogP contribution in [0.1, 0.15) is 38.3 Å². The van der Waals surface area contributed by atoms with Crippen molar-refractivity contribution < 1.29 is 8.42 Å². The molecule has 0 aromatic heterocycles. The molecule has 0 aliphatic rings. The molecule has 0 amide bonds. The molecule has 0 aliphatic carbocycles. The molecule has 1 aromatic carbocycles. The second kappa shape index (κ2) is 8.51. The van der Waals surface area contributed by atoms with Crippen molar-refractivity contribution in [3.63, 3.8) is 0 Å². The third-order valence-electron chi connectivity index (χ3n) is 3.45. The molecular weight excluding hydrogens is 284 g/mol. The molecule has 120 valence electrons. The van der Waals surface area contributed by atoms with Gasteiger partial charge in [-0.05, 0) is 30.0 Å². The molecule has 0 aliphatic heterocycles. The van der Waals surface area contributed by atoms with E-state index in [2.05, 4.69) is 26.1 Å². The highest BCUT2D eigenvalue weighted by atomic mass is 32.2. The molecule has 1 rings (SSSR count). The van der Waals surface area contributed by atoms with E-state index in [-0.39, 0.29) is 5.75 Å². The van der Waals surface area contributed by atoms with Crippen molar-refractivity contribution in [2.24, 2.45) is 5.92 Å². The first kappa shape index (κ1) is 18.1. The van der Waals surface area contributed by atoms with Crippen molar-refractivity contribution >= 4 is 10.0 Å². The summed E-state index contributed by atoms with van der Waals surface area (Å²) in [7, 11) is -1.56. The van der Waals surface area contributed by atoms with Crippen molar-refractivity contribution in [1.29, 1.82) is 0 Å². The Balaban J connectivity index is 2.62. The van der Waals surface area contributed by atoms with Crippen LogP contribution in [0.2, 0.25) is 0 Å². The van der Waals surface area contributed by atoms with Crippen molar-refractivity contribution in [2.45, 2.75) is 39.5 Å². The summed E-state index contributed by atoms with van der Waals surface area (Å²) < 4.78 is 26.0. The zero-order chi connectivity index (χ0) is 15.9. The molecule has 1 N–H and O–H groups in total. The summed E-state index contributed by atoms with van der Waals surface area (Å²) in [6, 6.07) is 7.78. The van der Waals surface area contributed by atoms with Gasteiger partial charge in [-0.3, -0.25) is 0 Å². The van der Waals surface area contributed by atoms with Crippen molar-refractivity contribution in [1.82, 2.24) is 9.62 Å². The van der Waals surface area contributed by atoms with Gasteiger partial charge in [0, 0.05) is 20.1 Å². The topological polar surface area (TPSA) is 49.4 Å². The largest absolute Gasteiger partial charge is 0.313 e. The maximum Gasteiger partial charge on any atom is 0.218 e. The van der Waals surface area contributed by atoms with Gasteiger partial charge in [-0.15, -0.1) is 0 Å². The van der Waals surface area contributed by atoms with Gasteiger partial charge in [0.05, 0.1) is 5.75 Å². The first-order chi connectivity index (χ1) is 9.85. The lowest BCUT2D eigenvalue weighted by molar-refractivity contribution is 0.427. The summed E-state index contributed by atoms with van der Waals surface area (Å²) in [5.74, 6) is 0.580. The van der Waals surface area contributed by atoms with Gasteiger partial charge < -0.3 is 5.32 Å². The summed E-state index contributed by atoms with van der Waals surface area (Å²) in [4.78, 5) is 0. The highest BCUT2D eigenvalue weighted by Crippen LogP contribution is 2.12. The Morgan fingerprint density at radius 1 is 1.14 bits per heavy atom. The van der Waals surface area contributed by atoms with E-state index in [0.29, 0.717) is 12.5 Å². The predicted molar refractivity (Wildman–Crippen MR) is 88.5 cm³/mol. The Bertz CT molecular complexity index is 510. The molecule has 4 nitrogen and oxygen atoms in total. The maximum absolute atomic E-state index is 12.3. The van der Waals surface area contributed by atoms with Gasteiger partial charge >= 0.3 is 0 Å². The highest BCUT2D eigenvalue weighted by Gasteiger charge is 2.18. The molecule has 21 heavy (non-hydrogen) atoms. The molecule has 0 atom stereocenters. The Morgan fingerprint density at radius 2 is 1.71 bits per heavy atom. The third kappa shape index (κ3) is 6.59. The van der Waals surface area contributed by atoms with Gasteiger partial charge in [0.15, 0.2) is 0 Å². The van der Waals surface area contributed by atoms with E-state index < -0.39 is 10.0 Å². The molecule has 1 aromatic rings. The van der Waals surface area contributed by atoms with Crippen LogP contribution in [0.4, 0.5) is 0 Å². The van der Waals surface area contributed by atoms with Gasteiger partial charge in [0.2, 0.25) is 10.0 Å². The normalized spacial score (nSPS) is 12.3. The van der Waals surface area contributed by atoms with E-state index >= 15 is 0 Å². The molecule has 0 spiro atoms. The van der Waals surface area contributed by atoms with E-state index in [1.54, 1.807) is 7.05 Å². The van der Waals surface area contributed by atoms with Crippen LogP contribution < -0.4 is 5.32 Å². The minimum atomic E-state index is -3.22. The molecule has 0 unspecified atom stereocenters. The maximum atomic E-state index is 12.3. The fourth-order valence-electron chi connectivity index (χ4n) is 1.92. The second-order valence-corrected chi connectivity index (χ2v) is 7.93. The molecule has 0 saturated carbocycles. The van der Waals surface area contributed by atoms with Crippen LogP contribution in [-0.2, 0) is 22.3 Å². The minimum Gasteiger partial charge on any atom is -0.313 e.